The number of para-hydroxylation sites is 1. The quantitative estimate of drug-likeness (QED) is 0.812. The van der Waals surface area contributed by atoms with Gasteiger partial charge >= 0.3 is 5.97 Å². The lowest BCUT2D eigenvalue weighted by molar-refractivity contribution is 0.0527. The Kier molecular flexibility index (Phi) is 5.33. The molecule has 0 saturated carbocycles. The Bertz CT molecular complexity index is 646. The third kappa shape index (κ3) is 4.04. The molecule has 0 spiro atoms. The Hall–Kier alpha value is -1.88. The van der Waals surface area contributed by atoms with Crippen LogP contribution in [0.15, 0.2) is 46.9 Å². The van der Waals surface area contributed by atoms with Crippen LogP contribution in [-0.4, -0.2) is 12.6 Å². The number of carbonyl (C=O) groups is 1. The molecule has 0 heterocycles. The van der Waals surface area contributed by atoms with E-state index in [9.17, 15) is 9.18 Å². The van der Waals surface area contributed by atoms with E-state index in [1.807, 2.05) is 6.07 Å². The van der Waals surface area contributed by atoms with E-state index >= 15 is 0 Å². The first-order valence-corrected chi connectivity index (χ1v) is 7.35. The Morgan fingerprint density at radius 1 is 1.29 bits per heavy atom. The molecule has 0 atom stereocenters. The zero-order valence-corrected chi connectivity index (χ0v) is 13.1. The number of benzene rings is 2. The average molecular weight is 352 g/mol. The van der Waals surface area contributed by atoms with Crippen molar-refractivity contribution in [2.24, 2.45) is 0 Å². The van der Waals surface area contributed by atoms with Gasteiger partial charge in [0.1, 0.15) is 5.82 Å². The summed E-state index contributed by atoms with van der Waals surface area (Å²) in [5.41, 5.74) is 1.58. The summed E-state index contributed by atoms with van der Waals surface area (Å²) in [6.07, 6.45) is 0. The molecular weight excluding hydrogens is 337 g/mol. The molecule has 0 saturated heterocycles. The third-order valence-electron chi connectivity index (χ3n) is 2.90. The van der Waals surface area contributed by atoms with Crippen molar-refractivity contribution in [2.45, 2.75) is 13.5 Å². The molecule has 110 valence electrons. The largest absolute Gasteiger partial charge is 0.462 e. The van der Waals surface area contributed by atoms with Crippen molar-refractivity contribution in [1.82, 2.24) is 0 Å². The average Bonchev–Trinajstić information content (AvgIpc) is 2.49. The normalized spacial score (nSPS) is 10.2. The lowest BCUT2D eigenvalue weighted by atomic mass is 10.1. The minimum absolute atomic E-state index is 0.279. The third-order valence-corrected chi connectivity index (χ3v) is 3.39. The molecule has 0 unspecified atom stereocenters. The van der Waals surface area contributed by atoms with E-state index in [1.165, 1.54) is 6.07 Å². The maximum absolute atomic E-state index is 13.7. The van der Waals surface area contributed by atoms with Crippen molar-refractivity contribution >= 4 is 27.6 Å². The highest BCUT2D eigenvalue weighted by Crippen LogP contribution is 2.20. The molecule has 2 aromatic rings. The van der Waals surface area contributed by atoms with Gasteiger partial charge in [0.15, 0.2) is 0 Å². The molecule has 2 rings (SSSR count). The summed E-state index contributed by atoms with van der Waals surface area (Å²) in [5.74, 6) is -0.686. The van der Waals surface area contributed by atoms with Gasteiger partial charge in [-0.3, -0.25) is 0 Å². The van der Waals surface area contributed by atoms with Crippen LogP contribution in [0.3, 0.4) is 0 Å². The van der Waals surface area contributed by atoms with E-state index in [0.29, 0.717) is 23.4 Å². The van der Waals surface area contributed by atoms with Crippen molar-refractivity contribution < 1.29 is 13.9 Å². The molecule has 3 nitrogen and oxygen atoms in total. The monoisotopic (exact) mass is 351 g/mol. The fraction of sp³-hybridized carbons (Fsp3) is 0.188. The van der Waals surface area contributed by atoms with E-state index in [-0.39, 0.29) is 12.4 Å². The number of nitrogens with one attached hydrogen (secondary N) is 1. The van der Waals surface area contributed by atoms with E-state index in [4.69, 9.17) is 4.74 Å². The van der Waals surface area contributed by atoms with Gasteiger partial charge in [0.2, 0.25) is 0 Å². The van der Waals surface area contributed by atoms with E-state index in [1.54, 1.807) is 37.3 Å². The van der Waals surface area contributed by atoms with Crippen molar-refractivity contribution in [3.63, 3.8) is 0 Å². The van der Waals surface area contributed by atoms with Crippen molar-refractivity contribution in [3.05, 3.63) is 63.9 Å². The van der Waals surface area contributed by atoms with E-state index < -0.39 is 5.97 Å². The van der Waals surface area contributed by atoms with E-state index in [0.717, 1.165) is 4.47 Å². The van der Waals surface area contributed by atoms with Crippen LogP contribution in [0.25, 0.3) is 0 Å². The molecule has 2 aromatic carbocycles. The molecule has 0 amide bonds. The topological polar surface area (TPSA) is 38.3 Å². The second-order valence-corrected chi connectivity index (χ2v) is 5.27. The summed E-state index contributed by atoms with van der Waals surface area (Å²) < 4.78 is 19.5. The summed E-state index contributed by atoms with van der Waals surface area (Å²) in [6, 6.07) is 11.8. The van der Waals surface area contributed by atoms with Crippen LogP contribution in [0.1, 0.15) is 22.8 Å². The number of ether oxygens (including phenoxy) is 1. The molecule has 0 radical (unpaired) electrons. The number of halogens is 2. The second-order valence-electron chi connectivity index (χ2n) is 4.36. The number of hydrogen-bond donors (Lipinski definition) is 1. The molecule has 0 aliphatic heterocycles. The smallest absolute Gasteiger partial charge is 0.340 e. The van der Waals surface area contributed by atoms with Crippen LogP contribution < -0.4 is 5.32 Å². The fourth-order valence-electron chi connectivity index (χ4n) is 1.89. The lowest BCUT2D eigenvalue weighted by Crippen LogP contribution is -2.10. The SMILES string of the molecule is CCOC(=O)c1ccccc1NCc1cc(Br)ccc1F. The van der Waals surface area contributed by atoms with Crippen molar-refractivity contribution in [1.29, 1.82) is 0 Å². The van der Waals surface area contributed by atoms with Crippen LogP contribution in [-0.2, 0) is 11.3 Å². The molecule has 1 N–H and O–H groups in total. The molecular formula is C16H15BrFNO2. The number of anilines is 1. The Labute approximate surface area is 131 Å². The second kappa shape index (κ2) is 7.22. The molecule has 0 aliphatic rings. The number of hydrogen-bond acceptors (Lipinski definition) is 3. The first-order chi connectivity index (χ1) is 10.1. The molecule has 0 aromatic heterocycles. The van der Waals surface area contributed by atoms with Crippen LogP contribution in [0, 0.1) is 5.82 Å². The summed E-state index contributed by atoms with van der Waals surface area (Å²) in [7, 11) is 0. The maximum Gasteiger partial charge on any atom is 0.340 e. The molecule has 0 fully saturated rings. The first-order valence-electron chi connectivity index (χ1n) is 6.55. The van der Waals surface area contributed by atoms with E-state index in [2.05, 4.69) is 21.2 Å². The zero-order chi connectivity index (χ0) is 15.2. The number of esters is 1. The van der Waals surface area contributed by atoms with Crippen LogP contribution in [0.2, 0.25) is 0 Å². The summed E-state index contributed by atoms with van der Waals surface area (Å²) >= 11 is 3.31. The molecule has 0 aliphatic carbocycles. The van der Waals surface area contributed by atoms with Gasteiger partial charge in [0.25, 0.3) is 0 Å². The first kappa shape index (κ1) is 15.5. The fourth-order valence-corrected chi connectivity index (χ4v) is 2.30. The summed E-state index contributed by atoms with van der Waals surface area (Å²) in [4.78, 5) is 11.9. The van der Waals surface area contributed by atoms with Crippen LogP contribution in [0.4, 0.5) is 10.1 Å². The van der Waals surface area contributed by atoms with Gasteiger partial charge in [-0.05, 0) is 37.3 Å². The number of carbonyl (C=O) groups excluding carboxylic acids is 1. The standard InChI is InChI=1S/C16H15BrFNO2/c1-2-21-16(20)13-5-3-4-6-15(13)19-10-11-9-12(17)7-8-14(11)18/h3-9,19H,2,10H2,1H3. The minimum Gasteiger partial charge on any atom is -0.462 e. The van der Waals surface area contributed by atoms with Gasteiger partial charge in [0.05, 0.1) is 12.2 Å². The number of rotatable bonds is 5. The predicted molar refractivity (Wildman–Crippen MR) is 83.8 cm³/mol. The maximum atomic E-state index is 13.7. The van der Waals surface area contributed by atoms with Crippen LogP contribution >= 0.6 is 15.9 Å². The summed E-state index contributed by atoms with van der Waals surface area (Å²) in [6.45, 7) is 2.35. The Balaban J connectivity index is 2.16. The van der Waals surface area contributed by atoms with Gasteiger partial charge in [-0.15, -0.1) is 0 Å². The van der Waals surface area contributed by atoms with Gasteiger partial charge in [-0.2, -0.15) is 0 Å². The van der Waals surface area contributed by atoms with Crippen LogP contribution in [0.5, 0.6) is 0 Å². The van der Waals surface area contributed by atoms with Gasteiger partial charge in [-0.1, -0.05) is 28.1 Å². The van der Waals surface area contributed by atoms with Crippen molar-refractivity contribution in [2.75, 3.05) is 11.9 Å². The molecule has 21 heavy (non-hydrogen) atoms. The highest BCUT2D eigenvalue weighted by molar-refractivity contribution is 9.10. The van der Waals surface area contributed by atoms with Gasteiger partial charge in [-0.25, -0.2) is 9.18 Å². The van der Waals surface area contributed by atoms with Crippen molar-refractivity contribution in [3.8, 4) is 0 Å². The Morgan fingerprint density at radius 2 is 2.05 bits per heavy atom. The summed E-state index contributed by atoms with van der Waals surface area (Å²) in [5, 5.41) is 3.08. The predicted octanol–water partition coefficient (Wildman–Crippen LogP) is 4.38. The zero-order valence-electron chi connectivity index (χ0n) is 11.5. The molecule has 0 bridgehead atoms. The van der Waals surface area contributed by atoms with Gasteiger partial charge < -0.3 is 10.1 Å². The lowest BCUT2D eigenvalue weighted by Gasteiger charge is -2.12. The highest BCUT2D eigenvalue weighted by Gasteiger charge is 2.12. The van der Waals surface area contributed by atoms with Gasteiger partial charge in [0, 0.05) is 22.3 Å². The minimum atomic E-state index is -0.393. The highest BCUT2D eigenvalue weighted by atomic mass is 79.9. The Morgan fingerprint density at radius 3 is 2.81 bits per heavy atom. The molecule has 5 heteroatoms.